The topological polar surface area (TPSA) is 109 Å². The molecule has 5 aromatic rings. The lowest BCUT2D eigenvalue weighted by Crippen LogP contribution is -2.15. The van der Waals surface area contributed by atoms with Crippen molar-refractivity contribution in [2.75, 3.05) is 0 Å². The minimum absolute atomic E-state index is 0.0912. The zero-order valence-corrected chi connectivity index (χ0v) is 16.9. The zero-order valence-electron chi connectivity index (χ0n) is 16.1. The molecule has 5 rings (SSSR count). The van der Waals surface area contributed by atoms with Crippen LogP contribution in [-0.2, 0) is 17.2 Å². The monoisotopic (exact) mass is 420 g/mol. The maximum Gasteiger partial charge on any atom is 0.296 e. The van der Waals surface area contributed by atoms with Crippen molar-refractivity contribution in [1.82, 2.24) is 9.55 Å². The molecule has 2 aromatic heterocycles. The molecule has 0 atom stereocenters. The van der Waals surface area contributed by atoms with Crippen molar-refractivity contribution in [2.45, 2.75) is 11.8 Å². The summed E-state index contributed by atoms with van der Waals surface area (Å²) in [6.07, 6.45) is 0. The highest BCUT2D eigenvalue weighted by Crippen LogP contribution is 2.29. The fourth-order valence-corrected chi connectivity index (χ4v) is 5.02. The van der Waals surface area contributed by atoms with Gasteiger partial charge in [-0.1, -0.05) is 18.2 Å². The Balaban J connectivity index is 2.12. The molecule has 0 aliphatic rings. The van der Waals surface area contributed by atoms with E-state index in [4.69, 9.17) is 0 Å². The number of hydrogen-bond donors (Lipinski definition) is 2. The van der Waals surface area contributed by atoms with E-state index in [1.54, 1.807) is 38.2 Å². The van der Waals surface area contributed by atoms with Gasteiger partial charge in [0.05, 0.1) is 21.9 Å². The molecular weight excluding hydrogens is 404 g/mol. The third-order valence-corrected chi connectivity index (χ3v) is 6.56. The van der Waals surface area contributed by atoms with E-state index in [1.807, 2.05) is 6.07 Å². The van der Waals surface area contributed by atoms with Gasteiger partial charge in [-0.05, 0) is 42.8 Å². The summed E-state index contributed by atoms with van der Waals surface area (Å²) in [5.41, 5.74) is 1.79. The van der Waals surface area contributed by atoms with Gasteiger partial charge in [-0.15, -0.1) is 0 Å². The third-order valence-electron chi connectivity index (χ3n) is 5.68. The second-order valence-corrected chi connectivity index (χ2v) is 8.72. The number of aromatic amines is 1. The van der Waals surface area contributed by atoms with E-state index in [0.29, 0.717) is 38.3 Å². The Bertz CT molecular complexity index is 1780. The van der Waals surface area contributed by atoms with Gasteiger partial charge in [0.2, 0.25) is 0 Å². The van der Waals surface area contributed by atoms with Crippen molar-refractivity contribution < 1.29 is 13.0 Å². The summed E-state index contributed by atoms with van der Waals surface area (Å²) in [6.45, 7) is 1.76. The van der Waals surface area contributed by atoms with Crippen molar-refractivity contribution in [3.8, 4) is 0 Å². The predicted molar refractivity (Wildman–Crippen MR) is 117 cm³/mol. The van der Waals surface area contributed by atoms with Gasteiger partial charge in [-0.3, -0.25) is 14.1 Å². The molecule has 2 heterocycles. The summed E-state index contributed by atoms with van der Waals surface area (Å²) in [5, 5.41) is 1.48. The van der Waals surface area contributed by atoms with E-state index in [1.165, 1.54) is 22.8 Å². The number of H-pyrrole nitrogens is 1. The molecule has 0 saturated carbocycles. The van der Waals surface area contributed by atoms with Crippen molar-refractivity contribution in [2.24, 2.45) is 7.05 Å². The number of rotatable bonds is 1. The van der Waals surface area contributed by atoms with E-state index < -0.39 is 10.1 Å². The number of nitrogens with zero attached hydrogens (tertiary/aromatic N) is 1. The molecule has 0 radical (unpaired) electrons. The van der Waals surface area contributed by atoms with E-state index in [2.05, 4.69) is 4.98 Å². The van der Waals surface area contributed by atoms with Crippen LogP contribution in [0.15, 0.2) is 63.0 Å². The summed E-state index contributed by atoms with van der Waals surface area (Å²) < 4.78 is 35.0. The average molecular weight is 420 g/mol. The van der Waals surface area contributed by atoms with Crippen LogP contribution in [-0.4, -0.2) is 22.5 Å². The molecular formula is C22H16N2O5S. The first-order valence-corrected chi connectivity index (χ1v) is 10.6. The first-order valence-electron chi connectivity index (χ1n) is 9.17. The van der Waals surface area contributed by atoms with Crippen LogP contribution in [0.3, 0.4) is 0 Å². The van der Waals surface area contributed by atoms with Crippen molar-refractivity contribution in [3.63, 3.8) is 0 Å². The van der Waals surface area contributed by atoms with E-state index in [9.17, 15) is 22.6 Å². The second kappa shape index (κ2) is 6.01. The van der Waals surface area contributed by atoms with Gasteiger partial charge >= 0.3 is 0 Å². The minimum atomic E-state index is -4.55. The SMILES string of the molecule is Cc1c2[nH]c3ccccc3c(=O)c2cc2c1c(=O)c1cccc(S(=O)(=O)O)c1n2C. The molecule has 0 fully saturated rings. The molecule has 0 spiro atoms. The number of fused-ring (bicyclic) bond motifs is 4. The lowest BCUT2D eigenvalue weighted by Gasteiger charge is -2.16. The quantitative estimate of drug-likeness (QED) is 0.320. The highest BCUT2D eigenvalue weighted by Gasteiger charge is 2.21. The first-order chi connectivity index (χ1) is 14.2. The molecule has 0 bridgehead atoms. The highest BCUT2D eigenvalue weighted by molar-refractivity contribution is 7.86. The Morgan fingerprint density at radius 1 is 0.933 bits per heavy atom. The number of pyridine rings is 2. The van der Waals surface area contributed by atoms with E-state index >= 15 is 0 Å². The normalized spacial score (nSPS) is 12.4. The van der Waals surface area contributed by atoms with E-state index in [-0.39, 0.29) is 26.7 Å². The summed E-state index contributed by atoms with van der Waals surface area (Å²) in [7, 11) is -2.94. The van der Waals surface area contributed by atoms with Crippen LogP contribution in [0, 0.1) is 6.92 Å². The summed E-state index contributed by atoms with van der Waals surface area (Å²) in [6, 6.07) is 12.9. The lowest BCUT2D eigenvalue weighted by atomic mass is 10.00. The van der Waals surface area contributed by atoms with E-state index in [0.717, 1.165) is 0 Å². The van der Waals surface area contributed by atoms with Gasteiger partial charge in [0, 0.05) is 28.7 Å². The predicted octanol–water partition coefficient (Wildman–Crippen LogP) is 3.24. The van der Waals surface area contributed by atoms with Crippen LogP contribution in [0.5, 0.6) is 0 Å². The van der Waals surface area contributed by atoms with Crippen LogP contribution < -0.4 is 10.9 Å². The lowest BCUT2D eigenvalue weighted by molar-refractivity contribution is 0.484. The standard InChI is InChI=1S/C22H16N2O5S/c1-11-18-16(10-14-19(11)23-15-8-4-3-6-12(15)21(14)25)24(2)20-13(22(18)26)7-5-9-17(20)30(27,28)29/h3-10H,1-2H3,(H,23,25)(H,27,28,29). The fraction of sp³-hybridized carbons (Fsp3) is 0.0909. The molecule has 0 amide bonds. The fourth-order valence-electron chi connectivity index (χ4n) is 4.28. The van der Waals surface area contributed by atoms with Crippen molar-refractivity contribution >= 4 is 53.7 Å². The van der Waals surface area contributed by atoms with Gasteiger partial charge in [0.15, 0.2) is 10.9 Å². The van der Waals surface area contributed by atoms with Crippen molar-refractivity contribution in [1.29, 1.82) is 0 Å². The van der Waals surface area contributed by atoms with Gasteiger partial charge in [-0.25, -0.2) is 0 Å². The molecule has 0 aliphatic carbocycles. The molecule has 0 aliphatic heterocycles. The van der Waals surface area contributed by atoms with Gasteiger partial charge in [0.25, 0.3) is 10.1 Å². The number of aryl methyl sites for hydroxylation is 2. The molecule has 7 nitrogen and oxygen atoms in total. The number of para-hydroxylation sites is 2. The number of aromatic nitrogens is 2. The number of nitrogens with one attached hydrogen (secondary N) is 1. The van der Waals surface area contributed by atoms with Crippen molar-refractivity contribution in [3.05, 3.63) is 74.5 Å². The Kier molecular flexibility index (Phi) is 3.71. The minimum Gasteiger partial charge on any atom is -0.354 e. The van der Waals surface area contributed by atoms with Crippen LogP contribution >= 0.6 is 0 Å². The van der Waals surface area contributed by atoms with Gasteiger partial charge in [0.1, 0.15) is 4.90 Å². The first kappa shape index (κ1) is 18.5. The second-order valence-electron chi connectivity index (χ2n) is 7.33. The third kappa shape index (κ3) is 2.38. The molecule has 150 valence electrons. The highest BCUT2D eigenvalue weighted by atomic mass is 32.2. The Labute approximate surface area is 169 Å². The largest absolute Gasteiger partial charge is 0.354 e. The molecule has 3 aromatic carbocycles. The zero-order chi connectivity index (χ0) is 21.4. The molecule has 8 heteroatoms. The Morgan fingerprint density at radius 3 is 2.37 bits per heavy atom. The smallest absolute Gasteiger partial charge is 0.296 e. The molecule has 30 heavy (non-hydrogen) atoms. The maximum absolute atomic E-state index is 13.4. The van der Waals surface area contributed by atoms with Crippen LogP contribution in [0.25, 0.3) is 43.6 Å². The summed E-state index contributed by atoms with van der Waals surface area (Å²) >= 11 is 0. The maximum atomic E-state index is 13.4. The number of benzene rings is 3. The summed E-state index contributed by atoms with van der Waals surface area (Å²) in [5.74, 6) is 0. The average Bonchev–Trinajstić information content (AvgIpc) is 2.71. The van der Waals surface area contributed by atoms with Crippen LogP contribution in [0.1, 0.15) is 5.56 Å². The molecule has 2 N–H and O–H groups in total. The Morgan fingerprint density at radius 2 is 1.63 bits per heavy atom. The number of hydrogen-bond acceptors (Lipinski definition) is 4. The molecule has 0 saturated heterocycles. The van der Waals surface area contributed by atoms with Crippen LogP contribution in [0.2, 0.25) is 0 Å². The van der Waals surface area contributed by atoms with Crippen LogP contribution in [0.4, 0.5) is 0 Å². The van der Waals surface area contributed by atoms with Gasteiger partial charge < -0.3 is 9.55 Å². The molecule has 0 unspecified atom stereocenters. The Hall–Kier alpha value is -3.49. The summed E-state index contributed by atoms with van der Waals surface area (Å²) in [4.78, 5) is 29.4. The van der Waals surface area contributed by atoms with Gasteiger partial charge in [-0.2, -0.15) is 8.42 Å².